The van der Waals surface area contributed by atoms with Crippen LogP contribution in [-0.4, -0.2) is 51.9 Å². The number of rotatable bonds is 10. The SMILES string of the molecule is CCc1cc(N2CCN(Cc3ccccc3)CC2)nc(SCc2cccc(C(=O)NCc3cccnc3)c2)n1. The molecule has 39 heavy (non-hydrogen) atoms. The molecule has 1 amide bonds. The third-order valence-corrected chi connectivity index (χ3v) is 7.70. The molecule has 1 N–H and O–H groups in total. The van der Waals surface area contributed by atoms with Crippen LogP contribution in [0.2, 0.25) is 0 Å². The van der Waals surface area contributed by atoms with Crippen LogP contribution in [0.5, 0.6) is 0 Å². The number of thioether (sulfide) groups is 1. The highest BCUT2D eigenvalue weighted by atomic mass is 32.2. The molecule has 2 aromatic carbocycles. The molecule has 4 aromatic rings. The smallest absolute Gasteiger partial charge is 0.251 e. The van der Waals surface area contributed by atoms with Crippen molar-refractivity contribution in [2.24, 2.45) is 0 Å². The fourth-order valence-electron chi connectivity index (χ4n) is 4.58. The number of carbonyl (C=O) groups is 1. The van der Waals surface area contributed by atoms with Gasteiger partial charge in [-0.3, -0.25) is 14.7 Å². The molecule has 0 bridgehead atoms. The van der Waals surface area contributed by atoms with Gasteiger partial charge in [-0.15, -0.1) is 0 Å². The fraction of sp³-hybridized carbons (Fsp3) is 0.290. The van der Waals surface area contributed by atoms with Crippen molar-refractivity contribution in [3.05, 3.63) is 113 Å². The Hall–Kier alpha value is -3.75. The van der Waals surface area contributed by atoms with Crippen molar-refractivity contribution in [3.8, 4) is 0 Å². The standard InChI is InChI=1S/C31H34N6OS/c1-2-28-19-29(37-16-14-36(15-17-37)22-24-8-4-3-5-9-24)35-31(34-28)39-23-25-10-6-12-27(18-25)30(38)33-21-26-11-7-13-32-20-26/h3-13,18-20H,2,14-17,21-23H2,1H3,(H,33,38). The summed E-state index contributed by atoms with van der Waals surface area (Å²) in [5.74, 6) is 1.61. The van der Waals surface area contributed by atoms with Crippen molar-refractivity contribution >= 4 is 23.5 Å². The van der Waals surface area contributed by atoms with E-state index in [1.165, 1.54) is 5.56 Å². The normalized spacial score (nSPS) is 13.8. The highest BCUT2D eigenvalue weighted by Gasteiger charge is 2.19. The number of pyridine rings is 1. The van der Waals surface area contributed by atoms with Crippen molar-refractivity contribution < 1.29 is 4.79 Å². The Morgan fingerprint density at radius 1 is 0.897 bits per heavy atom. The molecule has 1 fully saturated rings. The second kappa shape index (κ2) is 13.4. The molecule has 0 spiro atoms. The number of piperazine rings is 1. The molecule has 0 aliphatic carbocycles. The van der Waals surface area contributed by atoms with Gasteiger partial charge in [-0.05, 0) is 41.3 Å². The van der Waals surface area contributed by atoms with Crippen LogP contribution in [0.25, 0.3) is 0 Å². The number of aryl methyl sites for hydroxylation is 1. The summed E-state index contributed by atoms with van der Waals surface area (Å²) in [5.41, 5.74) is 5.09. The number of carbonyl (C=O) groups excluding carboxylic acids is 1. The number of anilines is 1. The van der Waals surface area contributed by atoms with Crippen LogP contribution >= 0.6 is 11.8 Å². The lowest BCUT2D eigenvalue weighted by atomic mass is 10.1. The molecule has 0 atom stereocenters. The molecular weight excluding hydrogens is 504 g/mol. The Kier molecular flexibility index (Phi) is 9.19. The molecule has 2 aromatic heterocycles. The minimum Gasteiger partial charge on any atom is -0.354 e. The van der Waals surface area contributed by atoms with Crippen molar-refractivity contribution in [3.63, 3.8) is 0 Å². The molecular formula is C31H34N6OS. The van der Waals surface area contributed by atoms with Gasteiger partial charge in [0.1, 0.15) is 5.82 Å². The monoisotopic (exact) mass is 538 g/mol. The zero-order valence-corrected chi connectivity index (χ0v) is 23.1. The lowest BCUT2D eigenvalue weighted by Crippen LogP contribution is -2.46. The molecule has 1 aliphatic rings. The number of hydrogen-bond acceptors (Lipinski definition) is 7. The van der Waals surface area contributed by atoms with E-state index in [2.05, 4.69) is 63.4 Å². The van der Waals surface area contributed by atoms with Crippen LogP contribution in [0.1, 0.15) is 39.7 Å². The molecule has 0 saturated carbocycles. The Morgan fingerprint density at radius 3 is 2.46 bits per heavy atom. The van der Waals surface area contributed by atoms with Crippen LogP contribution in [0.3, 0.4) is 0 Å². The summed E-state index contributed by atoms with van der Waals surface area (Å²) in [6.45, 7) is 7.50. The topological polar surface area (TPSA) is 74.2 Å². The first-order valence-corrected chi connectivity index (χ1v) is 14.4. The van der Waals surface area contributed by atoms with Gasteiger partial charge in [-0.2, -0.15) is 0 Å². The van der Waals surface area contributed by atoms with E-state index in [0.717, 1.165) is 66.9 Å². The van der Waals surface area contributed by atoms with Crippen molar-refractivity contribution in [1.82, 2.24) is 25.2 Å². The van der Waals surface area contributed by atoms with E-state index in [-0.39, 0.29) is 5.91 Å². The predicted molar refractivity (Wildman–Crippen MR) is 157 cm³/mol. The van der Waals surface area contributed by atoms with Crippen LogP contribution in [0.15, 0.2) is 90.3 Å². The summed E-state index contributed by atoms with van der Waals surface area (Å²) >= 11 is 1.61. The molecule has 0 radical (unpaired) electrons. The predicted octanol–water partition coefficient (Wildman–Crippen LogP) is 4.98. The van der Waals surface area contributed by atoms with Gasteiger partial charge in [0.25, 0.3) is 5.91 Å². The molecule has 1 aliphatic heterocycles. The second-order valence-corrected chi connectivity index (χ2v) is 10.6. The summed E-state index contributed by atoms with van der Waals surface area (Å²) in [7, 11) is 0. The van der Waals surface area contributed by atoms with E-state index in [1.54, 1.807) is 24.2 Å². The minimum atomic E-state index is -0.0939. The lowest BCUT2D eigenvalue weighted by Gasteiger charge is -2.35. The van der Waals surface area contributed by atoms with Crippen LogP contribution in [0.4, 0.5) is 5.82 Å². The molecule has 3 heterocycles. The average molecular weight is 539 g/mol. The van der Waals surface area contributed by atoms with Crippen LogP contribution < -0.4 is 10.2 Å². The number of amides is 1. The number of nitrogens with zero attached hydrogens (tertiary/aromatic N) is 5. The maximum Gasteiger partial charge on any atom is 0.251 e. The quantitative estimate of drug-likeness (QED) is 0.226. The van der Waals surface area contributed by atoms with Crippen molar-refractivity contribution in [2.75, 3.05) is 31.1 Å². The van der Waals surface area contributed by atoms with Gasteiger partial charge in [-0.1, -0.05) is 67.2 Å². The Balaban J connectivity index is 1.18. The Bertz CT molecular complexity index is 1360. The van der Waals surface area contributed by atoms with Gasteiger partial charge < -0.3 is 10.2 Å². The fourth-order valence-corrected chi connectivity index (χ4v) is 5.40. The van der Waals surface area contributed by atoms with E-state index >= 15 is 0 Å². The molecule has 0 unspecified atom stereocenters. The van der Waals surface area contributed by atoms with Crippen molar-refractivity contribution in [1.29, 1.82) is 0 Å². The summed E-state index contributed by atoms with van der Waals surface area (Å²) in [6, 6.07) is 24.4. The third kappa shape index (κ3) is 7.65. The van der Waals surface area contributed by atoms with Crippen molar-refractivity contribution in [2.45, 2.75) is 37.3 Å². The van der Waals surface area contributed by atoms with Gasteiger partial charge >= 0.3 is 0 Å². The minimum absolute atomic E-state index is 0.0939. The molecule has 8 heteroatoms. The number of nitrogens with one attached hydrogen (secondary N) is 1. The number of benzene rings is 2. The molecule has 7 nitrogen and oxygen atoms in total. The van der Waals surface area contributed by atoms with E-state index in [4.69, 9.17) is 9.97 Å². The van der Waals surface area contributed by atoms with Crippen LogP contribution in [-0.2, 0) is 25.3 Å². The number of aromatic nitrogens is 3. The first-order valence-electron chi connectivity index (χ1n) is 13.4. The lowest BCUT2D eigenvalue weighted by molar-refractivity contribution is 0.0951. The Morgan fingerprint density at radius 2 is 1.69 bits per heavy atom. The summed E-state index contributed by atoms with van der Waals surface area (Å²) in [4.78, 5) is 31.4. The first kappa shape index (κ1) is 26.8. The van der Waals surface area contributed by atoms with E-state index < -0.39 is 0 Å². The largest absolute Gasteiger partial charge is 0.354 e. The Labute approximate surface area is 234 Å². The zero-order chi connectivity index (χ0) is 26.9. The average Bonchev–Trinajstić information content (AvgIpc) is 3.00. The maximum atomic E-state index is 12.7. The summed E-state index contributed by atoms with van der Waals surface area (Å²) < 4.78 is 0. The van der Waals surface area contributed by atoms with Gasteiger partial charge in [0.15, 0.2) is 5.16 Å². The van der Waals surface area contributed by atoms with E-state index in [0.29, 0.717) is 17.9 Å². The summed E-state index contributed by atoms with van der Waals surface area (Å²) in [6.07, 6.45) is 4.35. The first-order chi connectivity index (χ1) is 19.2. The van der Waals surface area contributed by atoms with Crippen LogP contribution in [0, 0.1) is 0 Å². The molecule has 5 rings (SSSR count). The number of hydrogen-bond donors (Lipinski definition) is 1. The van der Waals surface area contributed by atoms with Gasteiger partial charge in [0.2, 0.25) is 0 Å². The highest BCUT2D eigenvalue weighted by Crippen LogP contribution is 2.24. The van der Waals surface area contributed by atoms with Gasteiger partial charge in [-0.25, -0.2) is 9.97 Å². The molecule has 1 saturated heterocycles. The summed E-state index contributed by atoms with van der Waals surface area (Å²) in [5, 5.41) is 3.75. The third-order valence-electron chi connectivity index (χ3n) is 6.79. The second-order valence-electron chi connectivity index (χ2n) is 9.64. The van der Waals surface area contributed by atoms with Gasteiger partial charge in [0.05, 0.1) is 0 Å². The maximum absolute atomic E-state index is 12.7. The van der Waals surface area contributed by atoms with Gasteiger partial charge in [0, 0.05) is 74.7 Å². The zero-order valence-electron chi connectivity index (χ0n) is 22.3. The van der Waals surface area contributed by atoms with E-state index in [1.807, 2.05) is 36.4 Å². The highest BCUT2D eigenvalue weighted by molar-refractivity contribution is 7.98. The molecule has 200 valence electrons. The van der Waals surface area contributed by atoms with E-state index in [9.17, 15) is 4.79 Å².